The van der Waals surface area contributed by atoms with E-state index in [1.807, 2.05) is 0 Å². The minimum Gasteiger partial charge on any atom is -0.369 e. The maximum atomic E-state index is 5.90. The molecule has 0 radical (unpaired) electrons. The number of fused-ring (bicyclic) bond motifs is 1. The SMILES string of the molecule is C(=C1CCCNC1)C1OCCc2ccccc21. The number of nitrogens with one attached hydrogen (secondary N) is 1. The Bertz CT molecular complexity index is 417. The molecule has 2 aliphatic heterocycles. The molecule has 17 heavy (non-hydrogen) atoms. The first-order chi connectivity index (χ1) is 8.43. The molecule has 0 aliphatic carbocycles. The molecule has 1 N–H and O–H groups in total. The van der Waals surface area contributed by atoms with E-state index in [9.17, 15) is 0 Å². The van der Waals surface area contributed by atoms with E-state index in [4.69, 9.17) is 4.74 Å². The van der Waals surface area contributed by atoms with Gasteiger partial charge >= 0.3 is 0 Å². The molecule has 2 heterocycles. The van der Waals surface area contributed by atoms with Gasteiger partial charge in [-0.2, -0.15) is 0 Å². The minimum absolute atomic E-state index is 0.176. The first-order valence-corrected chi connectivity index (χ1v) is 6.53. The van der Waals surface area contributed by atoms with Gasteiger partial charge in [0.25, 0.3) is 0 Å². The van der Waals surface area contributed by atoms with Crippen LogP contribution in [-0.2, 0) is 11.2 Å². The predicted molar refractivity (Wildman–Crippen MR) is 69.0 cm³/mol. The molecule has 2 nitrogen and oxygen atoms in total. The van der Waals surface area contributed by atoms with Crippen LogP contribution in [0.15, 0.2) is 35.9 Å². The predicted octanol–water partition coefficient (Wildman–Crippen LogP) is 2.61. The standard InChI is InChI=1S/C15H19NO/c1-2-6-14-13(5-1)7-9-17-15(14)10-12-4-3-8-16-11-12/h1-2,5-6,10,15-16H,3-4,7-9,11H2. The lowest BCUT2D eigenvalue weighted by molar-refractivity contribution is 0.0742. The first-order valence-electron chi connectivity index (χ1n) is 6.53. The Labute approximate surface area is 103 Å². The molecule has 0 bridgehead atoms. The fourth-order valence-electron chi connectivity index (χ4n) is 2.70. The van der Waals surface area contributed by atoms with Gasteiger partial charge in [0.15, 0.2) is 0 Å². The first kappa shape index (κ1) is 11.0. The van der Waals surface area contributed by atoms with Gasteiger partial charge in [-0.1, -0.05) is 35.9 Å². The monoisotopic (exact) mass is 229 g/mol. The Hall–Kier alpha value is -1.12. The number of hydrogen-bond donors (Lipinski definition) is 1. The number of hydrogen-bond acceptors (Lipinski definition) is 2. The molecule has 3 rings (SSSR count). The van der Waals surface area contributed by atoms with Gasteiger partial charge in [0.05, 0.1) is 6.61 Å². The van der Waals surface area contributed by atoms with Crippen molar-refractivity contribution >= 4 is 0 Å². The second kappa shape index (κ2) is 5.03. The highest BCUT2D eigenvalue weighted by atomic mass is 16.5. The summed E-state index contributed by atoms with van der Waals surface area (Å²) in [5.41, 5.74) is 4.30. The normalized spacial score (nSPS) is 26.8. The van der Waals surface area contributed by atoms with Crippen molar-refractivity contribution in [2.24, 2.45) is 0 Å². The molecule has 0 saturated carbocycles. The van der Waals surface area contributed by atoms with Gasteiger partial charge in [0, 0.05) is 6.54 Å². The van der Waals surface area contributed by atoms with Crippen LogP contribution >= 0.6 is 0 Å². The Morgan fingerprint density at radius 3 is 3.06 bits per heavy atom. The van der Waals surface area contributed by atoms with Crippen LogP contribution in [0.25, 0.3) is 0 Å². The Kier molecular flexibility index (Phi) is 3.25. The zero-order valence-electron chi connectivity index (χ0n) is 10.1. The van der Waals surface area contributed by atoms with Gasteiger partial charge in [-0.3, -0.25) is 0 Å². The van der Waals surface area contributed by atoms with Crippen molar-refractivity contribution in [3.63, 3.8) is 0 Å². The maximum Gasteiger partial charge on any atom is 0.101 e. The Morgan fingerprint density at radius 2 is 2.18 bits per heavy atom. The van der Waals surface area contributed by atoms with E-state index in [2.05, 4.69) is 35.7 Å². The second-order valence-electron chi connectivity index (χ2n) is 4.85. The smallest absolute Gasteiger partial charge is 0.101 e. The summed E-state index contributed by atoms with van der Waals surface area (Å²) in [4.78, 5) is 0. The molecule has 0 spiro atoms. The zero-order valence-corrected chi connectivity index (χ0v) is 10.1. The van der Waals surface area contributed by atoms with Crippen LogP contribution in [0.3, 0.4) is 0 Å². The molecular weight excluding hydrogens is 210 g/mol. The molecule has 1 atom stereocenters. The molecule has 1 unspecified atom stereocenters. The Balaban J connectivity index is 1.84. The Morgan fingerprint density at radius 1 is 1.24 bits per heavy atom. The highest BCUT2D eigenvalue weighted by Gasteiger charge is 2.19. The summed E-state index contributed by atoms with van der Waals surface area (Å²) < 4.78 is 5.90. The van der Waals surface area contributed by atoms with Crippen molar-refractivity contribution in [1.82, 2.24) is 5.32 Å². The van der Waals surface area contributed by atoms with Crippen LogP contribution in [0.5, 0.6) is 0 Å². The van der Waals surface area contributed by atoms with Crippen molar-refractivity contribution in [1.29, 1.82) is 0 Å². The summed E-state index contributed by atoms with van der Waals surface area (Å²) in [5, 5.41) is 3.42. The highest BCUT2D eigenvalue weighted by Crippen LogP contribution is 2.29. The van der Waals surface area contributed by atoms with E-state index < -0.39 is 0 Å². The van der Waals surface area contributed by atoms with Gasteiger partial charge in [-0.25, -0.2) is 0 Å². The fourth-order valence-corrected chi connectivity index (χ4v) is 2.70. The molecule has 0 amide bonds. The van der Waals surface area contributed by atoms with E-state index in [1.165, 1.54) is 29.5 Å². The maximum absolute atomic E-state index is 5.90. The number of ether oxygens (including phenoxy) is 1. The molecule has 1 fully saturated rings. The van der Waals surface area contributed by atoms with Crippen LogP contribution in [0.2, 0.25) is 0 Å². The zero-order chi connectivity index (χ0) is 11.5. The quantitative estimate of drug-likeness (QED) is 0.747. The average Bonchev–Trinajstić information content (AvgIpc) is 2.40. The van der Waals surface area contributed by atoms with Crippen molar-refractivity contribution in [2.45, 2.75) is 25.4 Å². The fraction of sp³-hybridized carbons (Fsp3) is 0.467. The largest absolute Gasteiger partial charge is 0.369 e. The van der Waals surface area contributed by atoms with E-state index >= 15 is 0 Å². The van der Waals surface area contributed by atoms with Crippen LogP contribution < -0.4 is 5.32 Å². The third-order valence-electron chi connectivity index (χ3n) is 3.62. The van der Waals surface area contributed by atoms with Gasteiger partial charge in [0.2, 0.25) is 0 Å². The van der Waals surface area contributed by atoms with Crippen LogP contribution in [-0.4, -0.2) is 19.7 Å². The van der Waals surface area contributed by atoms with E-state index in [1.54, 1.807) is 0 Å². The van der Waals surface area contributed by atoms with E-state index in [-0.39, 0.29) is 6.10 Å². The minimum atomic E-state index is 0.176. The van der Waals surface area contributed by atoms with Gasteiger partial charge in [-0.05, 0) is 36.9 Å². The highest BCUT2D eigenvalue weighted by molar-refractivity contribution is 5.34. The third kappa shape index (κ3) is 2.43. The molecule has 2 heteroatoms. The third-order valence-corrected chi connectivity index (χ3v) is 3.62. The number of rotatable bonds is 1. The number of piperidine rings is 1. The summed E-state index contributed by atoms with van der Waals surface area (Å²) in [6.07, 6.45) is 6.02. The van der Waals surface area contributed by atoms with E-state index in [0.29, 0.717) is 0 Å². The van der Waals surface area contributed by atoms with Gasteiger partial charge in [-0.15, -0.1) is 0 Å². The summed E-state index contributed by atoms with van der Waals surface area (Å²) in [6.45, 7) is 3.03. The van der Waals surface area contributed by atoms with Crippen molar-refractivity contribution in [2.75, 3.05) is 19.7 Å². The molecule has 2 aliphatic rings. The second-order valence-corrected chi connectivity index (χ2v) is 4.85. The molecule has 0 aromatic heterocycles. The van der Waals surface area contributed by atoms with Crippen LogP contribution in [0, 0.1) is 0 Å². The topological polar surface area (TPSA) is 21.3 Å². The van der Waals surface area contributed by atoms with Crippen molar-refractivity contribution in [3.8, 4) is 0 Å². The molecule has 1 aromatic rings. The summed E-state index contributed by atoms with van der Waals surface area (Å²) in [6, 6.07) is 8.66. The van der Waals surface area contributed by atoms with Crippen molar-refractivity contribution in [3.05, 3.63) is 47.0 Å². The van der Waals surface area contributed by atoms with Crippen LogP contribution in [0.4, 0.5) is 0 Å². The molecule has 1 aromatic carbocycles. The van der Waals surface area contributed by atoms with Gasteiger partial charge in [0.1, 0.15) is 6.10 Å². The number of benzene rings is 1. The lowest BCUT2D eigenvalue weighted by Gasteiger charge is -2.25. The van der Waals surface area contributed by atoms with Crippen molar-refractivity contribution < 1.29 is 4.74 Å². The van der Waals surface area contributed by atoms with Gasteiger partial charge < -0.3 is 10.1 Å². The summed E-state index contributed by atoms with van der Waals surface area (Å²) >= 11 is 0. The van der Waals surface area contributed by atoms with E-state index in [0.717, 1.165) is 26.1 Å². The lowest BCUT2D eigenvalue weighted by atomic mass is 9.95. The lowest BCUT2D eigenvalue weighted by Crippen LogP contribution is -2.25. The summed E-state index contributed by atoms with van der Waals surface area (Å²) in [7, 11) is 0. The average molecular weight is 229 g/mol. The molecular formula is C15H19NO. The van der Waals surface area contributed by atoms with Crippen LogP contribution in [0.1, 0.15) is 30.1 Å². The molecule has 90 valence electrons. The molecule has 1 saturated heterocycles. The summed E-state index contributed by atoms with van der Waals surface area (Å²) in [5.74, 6) is 0.